The molecule has 8 nitrogen and oxygen atoms in total. The summed E-state index contributed by atoms with van der Waals surface area (Å²) in [6, 6.07) is 14.6. The van der Waals surface area contributed by atoms with E-state index in [9.17, 15) is 9.59 Å². The second-order valence-electron chi connectivity index (χ2n) is 8.00. The highest BCUT2D eigenvalue weighted by molar-refractivity contribution is 6.39. The van der Waals surface area contributed by atoms with Crippen LogP contribution in [0.5, 0.6) is 5.75 Å². The number of para-hydroxylation sites is 1. The molecule has 0 atom stereocenters. The maximum Gasteiger partial charge on any atom is 0.313 e. The number of hydrogen-bond donors (Lipinski definition) is 2. The van der Waals surface area contributed by atoms with Crippen LogP contribution in [0.4, 0.5) is 5.69 Å². The highest BCUT2D eigenvalue weighted by Crippen LogP contribution is 2.32. The molecule has 4 aromatic rings. The van der Waals surface area contributed by atoms with Crippen LogP contribution in [0.25, 0.3) is 22.3 Å². The largest absolute Gasteiger partial charge is 0.496 e. The maximum atomic E-state index is 12.5. The van der Waals surface area contributed by atoms with Crippen LogP contribution in [0, 0.1) is 0 Å². The van der Waals surface area contributed by atoms with E-state index in [4.69, 9.17) is 13.6 Å². The molecule has 0 aliphatic rings. The number of rotatable bonds is 6. The number of aromatic nitrogens is 1. The molecule has 0 aliphatic heterocycles. The number of hydrogen-bond acceptors (Lipinski definition) is 6. The lowest BCUT2D eigenvalue weighted by molar-refractivity contribution is -0.137. The van der Waals surface area contributed by atoms with Crippen LogP contribution >= 0.6 is 0 Å². The van der Waals surface area contributed by atoms with Gasteiger partial charge < -0.3 is 24.2 Å². The Morgan fingerprint density at radius 3 is 2.62 bits per heavy atom. The van der Waals surface area contributed by atoms with Crippen LogP contribution in [0.15, 0.2) is 70.0 Å². The molecule has 2 aromatic heterocycles. The number of nitrogens with zero attached hydrogens (tertiary/aromatic N) is 1. The summed E-state index contributed by atoms with van der Waals surface area (Å²) >= 11 is 0. The minimum absolute atomic E-state index is 0.417. The molecular weight excluding hydrogens is 410 g/mol. The molecule has 0 aliphatic carbocycles. The first-order valence-electron chi connectivity index (χ1n) is 10.0. The predicted octanol–water partition coefficient (Wildman–Crippen LogP) is 4.17. The molecule has 2 N–H and O–H groups in total. The summed E-state index contributed by atoms with van der Waals surface area (Å²) in [4.78, 5) is 28.9. The molecule has 8 heteroatoms. The predicted molar refractivity (Wildman–Crippen MR) is 119 cm³/mol. The van der Waals surface area contributed by atoms with E-state index in [1.807, 2.05) is 44.2 Å². The van der Waals surface area contributed by atoms with Gasteiger partial charge in [0.05, 0.1) is 18.9 Å². The molecule has 0 spiro atoms. The number of carbonyl (C=O) groups excluding carboxylic acids is 2. The number of amides is 2. The van der Waals surface area contributed by atoms with Gasteiger partial charge in [-0.1, -0.05) is 18.2 Å². The van der Waals surface area contributed by atoms with Crippen LogP contribution in [-0.4, -0.2) is 29.4 Å². The van der Waals surface area contributed by atoms with Crippen LogP contribution in [0.1, 0.15) is 19.6 Å². The standard InChI is InChI=1S/C24H23N3O5/c1-24(2,12-17-10-15-6-4-5-7-19(15)32-17)27-23(29)22(28)26-16-8-9-18(20(11-16)30-3)21-13-25-14-31-21/h4-11,13-14H,12H2,1-3H3,(H,26,28)(H,27,29). The van der Waals surface area contributed by atoms with Crippen molar-refractivity contribution in [3.05, 3.63) is 66.9 Å². The van der Waals surface area contributed by atoms with Crippen molar-refractivity contribution in [3.8, 4) is 17.1 Å². The minimum atomic E-state index is -0.780. The van der Waals surface area contributed by atoms with Gasteiger partial charge in [0.25, 0.3) is 0 Å². The van der Waals surface area contributed by atoms with Crippen molar-refractivity contribution in [2.75, 3.05) is 12.4 Å². The van der Waals surface area contributed by atoms with Gasteiger partial charge in [0.15, 0.2) is 12.2 Å². The molecule has 164 valence electrons. The maximum absolute atomic E-state index is 12.5. The third kappa shape index (κ3) is 4.64. The molecule has 0 unspecified atom stereocenters. The number of ether oxygens (including phenoxy) is 1. The van der Waals surface area contributed by atoms with Gasteiger partial charge in [-0.2, -0.15) is 0 Å². The molecule has 0 saturated carbocycles. The Balaban J connectivity index is 1.41. The highest BCUT2D eigenvalue weighted by Gasteiger charge is 2.26. The quantitative estimate of drug-likeness (QED) is 0.442. The lowest BCUT2D eigenvalue weighted by Crippen LogP contribution is -2.49. The summed E-state index contributed by atoms with van der Waals surface area (Å²) in [6.45, 7) is 3.67. The lowest BCUT2D eigenvalue weighted by Gasteiger charge is -2.24. The number of fused-ring (bicyclic) bond motifs is 1. The first kappa shape index (κ1) is 21.2. The van der Waals surface area contributed by atoms with E-state index in [-0.39, 0.29) is 0 Å². The van der Waals surface area contributed by atoms with Gasteiger partial charge in [-0.3, -0.25) is 9.59 Å². The Hall–Kier alpha value is -4.07. The van der Waals surface area contributed by atoms with Gasteiger partial charge in [-0.05, 0) is 38.1 Å². The summed E-state index contributed by atoms with van der Waals surface area (Å²) in [5.41, 5.74) is 1.18. The first-order valence-corrected chi connectivity index (χ1v) is 10.0. The normalized spacial score (nSPS) is 11.3. The van der Waals surface area contributed by atoms with E-state index in [0.29, 0.717) is 29.2 Å². The Labute approximate surface area is 184 Å². The van der Waals surface area contributed by atoms with Gasteiger partial charge in [-0.25, -0.2) is 4.98 Å². The van der Waals surface area contributed by atoms with Crippen molar-refractivity contribution in [2.24, 2.45) is 0 Å². The van der Waals surface area contributed by atoms with Crippen LogP contribution in [-0.2, 0) is 16.0 Å². The molecule has 32 heavy (non-hydrogen) atoms. The summed E-state index contributed by atoms with van der Waals surface area (Å²) in [6.07, 6.45) is 3.32. The summed E-state index contributed by atoms with van der Waals surface area (Å²) in [5, 5.41) is 6.35. The molecule has 2 aromatic carbocycles. The van der Waals surface area contributed by atoms with E-state index in [1.54, 1.807) is 24.4 Å². The van der Waals surface area contributed by atoms with Crippen LogP contribution in [0.2, 0.25) is 0 Å². The average Bonchev–Trinajstić information content (AvgIpc) is 3.42. The number of methoxy groups -OCH3 is 1. The Morgan fingerprint density at radius 1 is 1.09 bits per heavy atom. The van der Waals surface area contributed by atoms with Crippen molar-refractivity contribution in [1.29, 1.82) is 0 Å². The molecule has 0 bridgehead atoms. The van der Waals surface area contributed by atoms with Gasteiger partial charge in [0.1, 0.15) is 17.1 Å². The van der Waals surface area contributed by atoms with Gasteiger partial charge in [-0.15, -0.1) is 0 Å². The van der Waals surface area contributed by atoms with E-state index < -0.39 is 17.4 Å². The van der Waals surface area contributed by atoms with Crippen molar-refractivity contribution in [1.82, 2.24) is 10.3 Å². The third-order valence-corrected chi connectivity index (χ3v) is 4.91. The fraction of sp³-hybridized carbons (Fsp3) is 0.208. The van der Waals surface area contributed by atoms with Crippen molar-refractivity contribution >= 4 is 28.5 Å². The smallest absolute Gasteiger partial charge is 0.313 e. The molecule has 2 heterocycles. The summed E-state index contributed by atoms with van der Waals surface area (Å²) in [5.74, 6) is 0.209. The van der Waals surface area contributed by atoms with Gasteiger partial charge >= 0.3 is 11.8 Å². The number of anilines is 1. The summed E-state index contributed by atoms with van der Waals surface area (Å²) in [7, 11) is 1.51. The zero-order chi connectivity index (χ0) is 22.7. The van der Waals surface area contributed by atoms with Crippen molar-refractivity contribution in [2.45, 2.75) is 25.8 Å². The Kier molecular flexibility index (Phi) is 5.68. The SMILES string of the molecule is COc1cc(NC(=O)C(=O)NC(C)(C)Cc2cc3ccccc3o2)ccc1-c1cnco1. The third-order valence-electron chi connectivity index (χ3n) is 4.91. The first-order chi connectivity index (χ1) is 15.3. The number of nitrogens with one attached hydrogen (secondary N) is 2. The lowest BCUT2D eigenvalue weighted by atomic mass is 9.98. The molecule has 0 fully saturated rings. The van der Waals surface area contributed by atoms with E-state index in [1.165, 1.54) is 13.5 Å². The molecule has 0 saturated heterocycles. The fourth-order valence-corrected chi connectivity index (χ4v) is 3.48. The molecule has 4 rings (SSSR count). The second kappa shape index (κ2) is 8.58. The zero-order valence-electron chi connectivity index (χ0n) is 18.0. The van der Waals surface area contributed by atoms with Crippen molar-refractivity contribution in [3.63, 3.8) is 0 Å². The Bertz CT molecular complexity index is 1220. The molecular formula is C24H23N3O5. The number of carbonyl (C=O) groups is 2. The fourth-order valence-electron chi connectivity index (χ4n) is 3.48. The van der Waals surface area contributed by atoms with Crippen LogP contribution < -0.4 is 15.4 Å². The van der Waals surface area contributed by atoms with E-state index >= 15 is 0 Å². The van der Waals surface area contributed by atoms with Gasteiger partial charge in [0.2, 0.25) is 0 Å². The average molecular weight is 433 g/mol. The van der Waals surface area contributed by atoms with Gasteiger partial charge in [0, 0.05) is 29.1 Å². The van der Waals surface area contributed by atoms with E-state index in [0.717, 1.165) is 16.7 Å². The minimum Gasteiger partial charge on any atom is -0.496 e. The number of oxazole rings is 1. The van der Waals surface area contributed by atoms with Crippen molar-refractivity contribution < 1.29 is 23.2 Å². The highest BCUT2D eigenvalue weighted by atomic mass is 16.5. The zero-order valence-corrected chi connectivity index (χ0v) is 18.0. The number of furan rings is 1. The Morgan fingerprint density at radius 2 is 1.91 bits per heavy atom. The van der Waals surface area contributed by atoms with Crippen LogP contribution in [0.3, 0.4) is 0 Å². The topological polar surface area (TPSA) is 107 Å². The molecule has 0 radical (unpaired) electrons. The van der Waals surface area contributed by atoms with E-state index in [2.05, 4.69) is 15.6 Å². The molecule has 2 amide bonds. The monoisotopic (exact) mass is 433 g/mol. The number of benzene rings is 2. The summed E-state index contributed by atoms with van der Waals surface area (Å²) < 4.78 is 16.5. The second-order valence-corrected chi connectivity index (χ2v) is 8.00.